The van der Waals surface area contributed by atoms with E-state index in [1.165, 1.54) is 0 Å². The lowest BCUT2D eigenvalue weighted by Gasteiger charge is -2.33. The molecule has 4 aliphatic heterocycles. The van der Waals surface area contributed by atoms with E-state index in [1.807, 2.05) is 68.5 Å². The molecule has 9 nitrogen and oxygen atoms in total. The smallest absolute Gasteiger partial charge is 0.264 e. The van der Waals surface area contributed by atoms with Crippen LogP contribution >= 0.6 is 0 Å². The summed E-state index contributed by atoms with van der Waals surface area (Å²) in [5.41, 5.74) is 1.69. The van der Waals surface area contributed by atoms with Crippen molar-refractivity contribution in [2.75, 3.05) is 29.5 Å². The van der Waals surface area contributed by atoms with Crippen LogP contribution in [0.4, 0.5) is 11.4 Å². The van der Waals surface area contributed by atoms with Crippen molar-refractivity contribution in [2.24, 2.45) is 5.92 Å². The van der Waals surface area contributed by atoms with E-state index in [-0.39, 0.29) is 48.3 Å². The number of aliphatic hydroxyl groups excluding tert-OH is 1. The number of carbonyl (C=O) groups excluding carboxylic acids is 3. The van der Waals surface area contributed by atoms with E-state index in [9.17, 15) is 24.3 Å². The molecule has 4 aliphatic rings. The summed E-state index contributed by atoms with van der Waals surface area (Å²) in [5, 5.41) is 9.77. The fourth-order valence-electron chi connectivity index (χ4n) is 7.58. The molecule has 0 bridgehead atoms. The largest absolute Gasteiger partial charge is 0.432 e. The van der Waals surface area contributed by atoms with Crippen molar-refractivity contribution < 1.29 is 29.0 Å². The summed E-state index contributed by atoms with van der Waals surface area (Å²) < 4.78 is 6.78. The molecule has 2 N–H and O–H groups in total. The Labute approximate surface area is 241 Å². The van der Waals surface area contributed by atoms with Crippen LogP contribution in [0.25, 0.3) is 0 Å². The third-order valence-corrected chi connectivity index (χ3v) is 12.1. The highest BCUT2D eigenvalue weighted by atomic mass is 28.4. The van der Waals surface area contributed by atoms with Crippen molar-refractivity contribution >= 4 is 37.4 Å². The summed E-state index contributed by atoms with van der Waals surface area (Å²) >= 11 is 0. The van der Waals surface area contributed by atoms with Crippen LogP contribution in [0.5, 0.6) is 0 Å². The van der Waals surface area contributed by atoms with Gasteiger partial charge in [0, 0.05) is 42.2 Å². The van der Waals surface area contributed by atoms with Gasteiger partial charge in [0.1, 0.15) is 0 Å². The number of β-lactam (4-membered cyclic amide) rings is 1. The number of amides is 3. The minimum atomic E-state index is -2.89. The number of rotatable bonds is 7. The number of likely N-dealkylation sites (tertiary alicyclic amines) is 1. The molecule has 218 valence electrons. The highest BCUT2D eigenvalue weighted by molar-refractivity contribution is 6.71. The van der Waals surface area contributed by atoms with Gasteiger partial charge in [0.05, 0.1) is 37.4 Å². The van der Waals surface area contributed by atoms with E-state index in [4.69, 9.17) is 4.74 Å². The summed E-state index contributed by atoms with van der Waals surface area (Å²) in [6.07, 6.45) is 1.64. The second kappa shape index (κ2) is 10.3. The first kappa shape index (κ1) is 28.1. The fraction of sp³-hybridized carbons (Fsp3) is 0.516. The predicted molar refractivity (Wildman–Crippen MR) is 157 cm³/mol. The number of nitrogens with zero attached hydrogens (tertiary/aromatic N) is 3. The van der Waals surface area contributed by atoms with E-state index in [0.29, 0.717) is 19.5 Å². The van der Waals surface area contributed by atoms with E-state index < -0.39 is 20.0 Å². The number of hydrogen-bond acceptors (Lipinski definition) is 6. The standard InChI is InChI=1S/C31H39N3O6Si/c1-20-29(41(2,3)39)26(17-28(37)32-15-6-7-23(32)19-35)40-31(20)24-8-4-5-9-25(24)34(30(31)38)18-21-10-12-22(13-11-21)33-16-14-27(33)36/h4-5,8-13,20,23,26,29,35,39H,6-7,14-19H2,1-3H3/t20-,23+,26+,29-,31+/m1/s1. The lowest BCUT2D eigenvalue weighted by Crippen LogP contribution is -2.46. The predicted octanol–water partition coefficient (Wildman–Crippen LogP) is 3.14. The van der Waals surface area contributed by atoms with Crippen LogP contribution in [0.2, 0.25) is 18.6 Å². The third kappa shape index (κ3) is 4.52. The van der Waals surface area contributed by atoms with Crippen LogP contribution in [0, 0.1) is 5.92 Å². The molecule has 4 heterocycles. The highest BCUT2D eigenvalue weighted by Gasteiger charge is 2.66. The molecular weight excluding hydrogens is 538 g/mol. The van der Waals surface area contributed by atoms with Crippen molar-refractivity contribution in [3.8, 4) is 0 Å². The molecule has 1 spiro atoms. The van der Waals surface area contributed by atoms with Gasteiger partial charge in [-0.05, 0) is 49.7 Å². The minimum absolute atomic E-state index is 0.0658. The van der Waals surface area contributed by atoms with Crippen LogP contribution in [0.3, 0.4) is 0 Å². The van der Waals surface area contributed by atoms with Gasteiger partial charge < -0.3 is 29.3 Å². The number of ether oxygens (including phenoxy) is 1. The Morgan fingerprint density at radius 1 is 1.10 bits per heavy atom. The monoisotopic (exact) mass is 577 g/mol. The molecule has 0 saturated carbocycles. The van der Waals surface area contributed by atoms with Gasteiger partial charge in [0.2, 0.25) is 11.8 Å². The molecule has 0 aromatic heterocycles. The lowest BCUT2D eigenvalue weighted by atomic mass is 9.82. The van der Waals surface area contributed by atoms with Crippen LogP contribution < -0.4 is 9.80 Å². The molecule has 41 heavy (non-hydrogen) atoms. The molecular formula is C31H39N3O6Si. The Balaban J connectivity index is 1.31. The van der Waals surface area contributed by atoms with E-state index in [0.717, 1.165) is 41.9 Å². The van der Waals surface area contributed by atoms with Crippen LogP contribution in [0.15, 0.2) is 48.5 Å². The van der Waals surface area contributed by atoms with Crippen LogP contribution in [0.1, 0.15) is 43.7 Å². The normalized spacial score (nSPS) is 29.4. The highest BCUT2D eigenvalue weighted by Crippen LogP contribution is 2.59. The molecule has 6 rings (SSSR count). The number of anilines is 2. The van der Waals surface area contributed by atoms with Gasteiger partial charge in [-0.3, -0.25) is 14.4 Å². The van der Waals surface area contributed by atoms with Gasteiger partial charge in [-0.15, -0.1) is 0 Å². The van der Waals surface area contributed by atoms with Crippen molar-refractivity contribution in [1.29, 1.82) is 0 Å². The summed E-state index contributed by atoms with van der Waals surface area (Å²) in [6.45, 7) is 7.27. The van der Waals surface area contributed by atoms with Crippen molar-refractivity contribution in [3.63, 3.8) is 0 Å². The van der Waals surface area contributed by atoms with Crippen molar-refractivity contribution in [1.82, 2.24) is 4.90 Å². The second-order valence-corrected chi connectivity index (χ2v) is 16.5. The molecule has 10 heteroatoms. The van der Waals surface area contributed by atoms with E-state index in [2.05, 4.69) is 0 Å². The zero-order valence-electron chi connectivity index (χ0n) is 24.0. The number of aliphatic hydroxyl groups is 1. The average Bonchev–Trinajstić information content (AvgIpc) is 3.59. The zero-order valence-corrected chi connectivity index (χ0v) is 25.0. The number of fused-ring (bicyclic) bond motifs is 2. The number of para-hydroxylation sites is 1. The fourth-order valence-corrected chi connectivity index (χ4v) is 10.1. The number of carbonyl (C=O) groups is 3. The minimum Gasteiger partial charge on any atom is -0.432 e. The quantitative estimate of drug-likeness (QED) is 0.387. The van der Waals surface area contributed by atoms with E-state index >= 15 is 0 Å². The Morgan fingerprint density at radius 3 is 2.46 bits per heavy atom. The van der Waals surface area contributed by atoms with E-state index in [1.54, 1.807) is 14.7 Å². The topological polar surface area (TPSA) is 111 Å². The molecule has 3 amide bonds. The summed E-state index contributed by atoms with van der Waals surface area (Å²) in [4.78, 5) is 56.5. The van der Waals surface area contributed by atoms with Gasteiger partial charge >= 0.3 is 0 Å². The third-order valence-electron chi connectivity index (χ3n) is 9.61. The maximum Gasteiger partial charge on any atom is 0.264 e. The first-order chi connectivity index (χ1) is 19.6. The zero-order chi connectivity index (χ0) is 29.1. The van der Waals surface area contributed by atoms with Gasteiger partial charge in [0.15, 0.2) is 13.9 Å². The Morgan fingerprint density at radius 2 is 1.83 bits per heavy atom. The number of benzene rings is 2. The first-order valence-electron chi connectivity index (χ1n) is 14.7. The van der Waals surface area contributed by atoms with Gasteiger partial charge in [-0.2, -0.15) is 0 Å². The Bertz CT molecular complexity index is 1360. The lowest BCUT2D eigenvalue weighted by molar-refractivity contribution is -0.150. The molecule has 3 saturated heterocycles. The maximum absolute atomic E-state index is 14.5. The second-order valence-electron chi connectivity index (χ2n) is 12.5. The SMILES string of the molecule is C[C@@H]1[C@@H]([Si](C)(C)O)[C@H](CC(=O)N2CCC[C@H]2CO)O[C@@]12C(=O)N(Cc1ccc(N3CCC3=O)cc1)c1ccccc12. The summed E-state index contributed by atoms with van der Waals surface area (Å²) in [5.74, 6) is -0.515. The summed E-state index contributed by atoms with van der Waals surface area (Å²) in [6, 6.07) is 15.2. The van der Waals surface area contributed by atoms with Gasteiger partial charge in [-0.25, -0.2) is 0 Å². The van der Waals surface area contributed by atoms with Crippen molar-refractivity contribution in [2.45, 2.75) is 75.5 Å². The molecule has 0 radical (unpaired) electrons. The van der Waals surface area contributed by atoms with Crippen molar-refractivity contribution in [3.05, 3.63) is 59.7 Å². The van der Waals surface area contributed by atoms with Crippen LogP contribution in [-0.2, 0) is 31.3 Å². The maximum atomic E-state index is 14.5. The molecule has 5 atom stereocenters. The molecule has 2 aromatic carbocycles. The molecule has 3 fully saturated rings. The molecule has 0 unspecified atom stereocenters. The average molecular weight is 578 g/mol. The summed E-state index contributed by atoms with van der Waals surface area (Å²) in [7, 11) is -2.89. The van der Waals surface area contributed by atoms with Gasteiger partial charge in [0.25, 0.3) is 5.91 Å². The van der Waals surface area contributed by atoms with Crippen LogP contribution in [-0.4, -0.2) is 72.7 Å². The van der Waals surface area contributed by atoms with Gasteiger partial charge in [-0.1, -0.05) is 37.3 Å². The molecule has 2 aromatic rings. The first-order valence-corrected chi connectivity index (χ1v) is 17.7. The molecule has 0 aliphatic carbocycles. The number of hydrogen-bond donors (Lipinski definition) is 2. The Hall–Kier alpha value is -3.05. The Kier molecular flexibility index (Phi) is 7.08.